The highest BCUT2D eigenvalue weighted by molar-refractivity contribution is 7.89. The summed E-state index contributed by atoms with van der Waals surface area (Å²) in [6.45, 7) is 6.11. The molecule has 0 bridgehead atoms. The lowest BCUT2D eigenvalue weighted by Crippen LogP contribution is -2.52. The molecule has 3 rings (SSSR count). The molecule has 2 fully saturated rings. The third-order valence-corrected chi connectivity index (χ3v) is 7.07. The van der Waals surface area contributed by atoms with Gasteiger partial charge in [-0.05, 0) is 26.7 Å². The van der Waals surface area contributed by atoms with E-state index in [0.717, 1.165) is 13.1 Å². The van der Waals surface area contributed by atoms with Crippen LogP contribution >= 0.6 is 0 Å². The summed E-state index contributed by atoms with van der Waals surface area (Å²) in [5, 5.41) is 3.77. The lowest BCUT2D eigenvalue weighted by atomic mass is 9.94. The molecule has 0 aromatic carbocycles. The first kappa shape index (κ1) is 16.0. The Morgan fingerprint density at radius 1 is 1.05 bits per heavy atom. The van der Waals surface area contributed by atoms with Gasteiger partial charge in [0.15, 0.2) is 5.76 Å². The van der Waals surface area contributed by atoms with E-state index >= 15 is 0 Å². The SMILES string of the molecule is Cc1noc(C)c1S(=O)(=O)N1CCN(C2CCCCC2)CC1. The van der Waals surface area contributed by atoms with E-state index in [1.807, 2.05) is 0 Å². The van der Waals surface area contributed by atoms with E-state index in [1.54, 1.807) is 18.2 Å². The Morgan fingerprint density at radius 2 is 1.68 bits per heavy atom. The van der Waals surface area contributed by atoms with Crippen LogP contribution in [0.25, 0.3) is 0 Å². The maximum absolute atomic E-state index is 12.8. The van der Waals surface area contributed by atoms with E-state index in [1.165, 1.54) is 32.1 Å². The van der Waals surface area contributed by atoms with Gasteiger partial charge in [0.2, 0.25) is 10.0 Å². The van der Waals surface area contributed by atoms with Gasteiger partial charge in [-0.3, -0.25) is 4.90 Å². The topological polar surface area (TPSA) is 66.7 Å². The van der Waals surface area contributed by atoms with Gasteiger partial charge in [0.25, 0.3) is 0 Å². The molecule has 0 atom stereocenters. The summed E-state index contributed by atoms with van der Waals surface area (Å²) < 4.78 is 32.2. The van der Waals surface area contributed by atoms with Crippen molar-refractivity contribution in [3.8, 4) is 0 Å². The lowest BCUT2D eigenvalue weighted by molar-refractivity contribution is 0.111. The number of aromatic nitrogens is 1. The summed E-state index contributed by atoms with van der Waals surface area (Å²) in [7, 11) is -3.48. The van der Waals surface area contributed by atoms with Crippen molar-refractivity contribution in [3.63, 3.8) is 0 Å². The first-order valence-corrected chi connectivity index (χ1v) is 9.61. The quantitative estimate of drug-likeness (QED) is 0.848. The third-order valence-electron chi connectivity index (χ3n) is 4.93. The molecule has 0 radical (unpaired) electrons. The molecule has 0 spiro atoms. The van der Waals surface area contributed by atoms with E-state index in [-0.39, 0.29) is 4.90 Å². The molecular weight excluding hydrogens is 302 g/mol. The van der Waals surface area contributed by atoms with Gasteiger partial charge >= 0.3 is 0 Å². The van der Waals surface area contributed by atoms with Crippen LogP contribution < -0.4 is 0 Å². The van der Waals surface area contributed by atoms with Crippen LogP contribution in [-0.2, 0) is 10.0 Å². The smallest absolute Gasteiger partial charge is 0.248 e. The van der Waals surface area contributed by atoms with Crippen molar-refractivity contribution in [2.45, 2.75) is 56.9 Å². The molecule has 0 N–H and O–H groups in total. The Kier molecular flexibility index (Phi) is 4.56. The van der Waals surface area contributed by atoms with Crippen LogP contribution in [0.4, 0.5) is 0 Å². The Labute approximate surface area is 132 Å². The molecule has 124 valence electrons. The molecule has 0 amide bonds. The van der Waals surface area contributed by atoms with Crippen molar-refractivity contribution < 1.29 is 12.9 Å². The number of sulfonamides is 1. The van der Waals surface area contributed by atoms with E-state index in [9.17, 15) is 8.42 Å². The number of rotatable bonds is 3. The summed E-state index contributed by atoms with van der Waals surface area (Å²) in [5.41, 5.74) is 0.451. The zero-order valence-corrected chi connectivity index (χ0v) is 14.2. The Bertz CT molecular complexity index is 592. The zero-order chi connectivity index (χ0) is 15.7. The van der Waals surface area contributed by atoms with Crippen LogP contribution in [-0.4, -0.2) is 55.0 Å². The van der Waals surface area contributed by atoms with Gasteiger partial charge in [0.1, 0.15) is 10.6 Å². The fourth-order valence-corrected chi connectivity index (χ4v) is 5.44. The summed E-state index contributed by atoms with van der Waals surface area (Å²) in [6.07, 6.45) is 6.48. The monoisotopic (exact) mass is 327 g/mol. The Balaban J connectivity index is 1.68. The fourth-order valence-electron chi connectivity index (χ4n) is 3.73. The van der Waals surface area contributed by atoms with Crippen LogP contribution in [0.5, 0.6) is 0 Å². The second kappa shape index (κ2) is 6.29. The van der Waals surface area contributed by atoms with Crippen molar-refractivity contribution in [1.82, 2.24) is 14.4 Å². The standard InChI is InChI=1S/C15H25N3O3S/c1-12-15(13(2)21-16-12)22(19,20)18-10-8-17(9-11-18)14-6-4-3-5-7-14/h14H,3-11H2,1-2H3. The van der Waals surface area contributed by atoms with Crippen molar-refractivity contribution in [2.24, 2.45) is 0 Å². The maximum atomic E-state index is 12.8. The van der Waals surface area contributed by atoms with Gasteiger partial charge in [-0.2, -0.15) is 4.31 Å². The highest BCUT2D eigenvalue weighted by atomic mass is 32.2. The average molecular weight is 327 g/mol. The minimum atomic E-state index is -3.48. The van der Waals surface area contributed by atoms with E-state index in [2.05, 4.69) is 10.1 Å². The highest BCUT2D eigenvalue weighted by Crippen LogP contribution is 2.27. The normalized spacial score (nSPS) is 23.0. The summed E-state index contributed by atoms with van der Waals surface area (Å²) in [6, 6.07) is 0.651. The minimum absolute atomic E-state index is 0.249. The van der Waals surface area contributed by atoms with E-state index < -0.39 is 10.0 Å². The summed E-state index contributed by atoms with van der Waals surface area (Å²) >= 11 is 0. The summed E-state index contributed by atoms with van der Waals surface area (Å²) in [5.74, 6) is 0.382. The molecule has 1 saturated heterocycles. The molecular formula is C15H25N3O3S. The number of hydrogen-bond acceptors (Lipinski definition) is 5. The van der Waals surface area contributed by atoms with Gasteiger partial charge in [-0.15, -0.1) is 0 Å². The van der Waals surface area contributed by atoms with Crippen LogP contribution in [0.1, 0.15) is 43.6 Å². The van der Waals surface area contributed by atoms with Gasteiger partial charge in [-0.1, -0.05) is 24.4 Å². The first-order chi connectivity index (χ1) is 10.5. The molecule has 1 aliphatic heterocycles. The molecule has 1 aliphatic carbocycles. The van der Waals surface area contributed by atoms with Crippen LogP contribution in [0.2, 0.25) is 0 Å². The van der Waals surface area contributed by atoms with Crippen LogP contribution in [0, 0.1) is 13.8 Å². The lowest BCUT2D eigenvalue weighted by Gasteiger charge is -2.40. The fraction of sp³-hybridized carbons (Fsp3) is 0.800. The second-order valence-electron chi connectivity index (χ2n) is 6.39. The predicted octanol–water partition coefficient (Wildman–Crippen LogP) is 1.93. The minimum Gasteiger partial charge on any atom is -0.360 e. The third kappa shape index (κ3) is 2.94. The molecule has 1 aromatic heterocycles. The number of aryl methyl sites for hydroxylation is 2. The van der Waals surface area contributed by atoms with E-state index in [4.69, 9.17) is 4.52 Å². The maximum Gasteiger partial charge on any atom is 0.248 e. The molecule has 22 heavy (non-hydrogen) atoms. The second-order valence-corrected chi connectivity index (χ2v) is 8.26. The number of hydrogen-bond donors (Lipinski definition) is 0. The molecule has 2 heterocycles. The van der Waals surface area contributed by atoms with Gasteiger partial charge in [0.05, 0.1) is 0 Å². The Hall–Kier alpha value is -0.920. The molecule has 7 heteroatoms. The molecule has 1 aromatic rings. The average Bonchev–Trinajstić information content (AvgIpc) is 2.88. The van der Waals surface area contributed by atoms with Crippen molar-refractivity contribution in [1.29, 1.82) is 0 Å². The molecule has 6 nitrogen and oxygen atoms in total. The van der Waals surface area contributed by atoms with Crippen LogP contribution in [0.15, 0.2) is 9.42 Å². The van der Waals surface area contributed by atoms with Gasteiger partial charge in [-0.25, -0.2) is 8.42 Å². The van der Waals surface area contributed by atoms with Crippen molar-refractivity contribution in [2.75, 3.05) is 26.2 Å². The van der Waals surface area contributed by atoms with E-state index in [0.29, 0.717) is 30.6 Å². The predicted molar refractivity (Wildman–Crippen MR) is 83.2 cm³/mol. The number of piperazine rings is 1. The van der Waals surface area contributed by atoms with Gasteiger partial charge < -0.3 is 4.52 Å². The van der Waals surface area contributed by atoms with Crippen molar-refractivity contribution in [3.05, 3.63) is 11.5 Å². The zero-order valence-electron chi connectivity index (χ0n) is 13.4. The largest absolute Gasteiger partial charge is 0.360 e. The van der Waals surface area contributed by atoms with Crippen molar-refractivity contribution >= 4 is 10.0 Å². The van der Waals surface area contributed by atoms with Gasteiger partial charge in [0, 0.05) is 32.2 Å². The first-order valence-electron chi connectivity index (χ1n) is 8.17. The molecule has 2 aliphatic rings. The number of nitrogens with zero attached hydrogens (tertiary/aromatic N) is 3. The molecule has 0 unspecified atom stereocenters. The Morgan fingerprint density at radius 3 is 2.23 bits per heavy atom. The highest BCUT2D eigenvalue weighted by Gasteiger charge is 2.34. The molecule has 1 saturated carbocycles. The summed E-state index contributed by atoms with van der Waals surface area (Å²) in [4.78, 5) is 2.72. The van der Waals surface area contributed by atoms with Crippen LogP contribution in [0.3, 0.4) is 0 Å².